The van der Waals surface area contributed by atoms with Crippen molar-refractivity contribution in [3.05, 3.63) is 55.4 Å². The molecule has 2 aromatic rings. The summed E-state index contributed by atoms with van der Waals surface area (Å²) in [6.45, 7) is 11.9. The number of hydrogen-bond acceptors (Lipinski definition) is 3. The zero-order valence-electron chi connectivity index (χ0n) is 16.1. The first kappa shape index (κ1) is 21.4. The van der Waals surface area contributed by atoms with E-state index in [1.54, 1.807) is 12.1 Å². The van der Waals surface area contributed by atoms with E-state index in [1.165, 1.54) is 0 Å². The molecule has 27 heavy (non-hydrogen) atoms. The Balaban J connectivity index is 3.05. The van der Waals surface area contributed by atoms with Crippen LogP contribution in [-0.2, 0) is 12.8 Å². The number of carboxylic acids is 1. The highest BCUT2D eigenvalue weighted by Gasteiger charge is 2.20. The van der Waals surface area contributed by atoms with E-state index in [4.69, 9.17) is 0 Å². The zero-order chi connectivity index (χ0) is 20.5. The largest absolute Gasteiger partial charge is 0.478 e. The van der Waals surface area contributed by atoms with Gasteiger partial charge in [-0.05, 0) is 59.9 Å². The van der Waals surface area contributed by atoms with Gasteiger partial charge in [-0.2, -0.15) is 0 Å². The van der Waals surface area contributed by atoms with Crippen molar-refractivity contribution in [1.82, 2.24) is 0 Å². The minimum atomic E-state index is -1.53. The molecule has 4 nitrogen and oxygen atoms in total. The fourth-order valence-electron chi connectivity index (χ4n) is 3.71. The highest BCUT2D eigenvalue weighted by molar-refractivity contribution is 9.10. The van der Waals surface area contributed by atoms with E-state index < -0.39 is 12.3 Å². The van der Waals surface area contributed by atoms with Crippen LogP contribution in [0.2, 0.25) is 0 Å². The van der Waals surface area contributed by atoms with E-state index in [-0.39, 0.29) is 5.56 Å². The van der Waals surface area contributed by atoms with Crippen molar-refractivity contribution < 1.29 is 20.1 Å². The van der Waals surface area contributed by atoms with Gasteiger partial charge in [-0.25, -0.2) is 4.79 Å². The molecule has 0 aromatic heterocycles. The first-order valence-electron chi connectivity index (χ1n) is 8.88. The van der Waals surface area contributed by atoms with Crippen LogP contribution in [-0.4, -0.2) is 21.3 Å². The number of carbonyl (C=O) groups is 1. The van der Waals surface area contributed by atoms with Gasteiger partial charge in [-0.1, -0.05) is 54.1 Å². The minimum absolute atomic E-state index is 0.165. The zero-order valence-corrected chi connectivity index (χ0v) is 17.6. The Morgan fingerprint density at radius 2 is 1.74 bits per heavy atom. The molecule has 0 aliphatic rings. The molecule has 0 atom stereocenters. The Morgan fingerprint density at radius 1 is 1.15 bits per heavy atom. The van der Waals surface area contributed by atoms with E-state index in [0.29, 0.717) is 28.1 Å². The maximum Gasteiger partial charge on any atom is 0.336 e. The van der Waals surface area contributed by atoms with Gasteiger partial charge in [0, 0.05) is 15.6 Å². The third-order valence-corrected chi connectivity index (χ3v) is 5.46. The molecule has 0 bridgehead atoms. The molecule has 0 amide bonds. The molecule has 5 heteroatoms. The monoisotopic (exact) mass is 432 g/mol. The van der Waals surface area contributed by atoms with Crippen molar-refractivity contribution >= 4 is 34.1 Å². The predicted molar refractivity (Wildman–Crippen MR) is 112 cm³/mol. The van der Waals surface area contributed by atoms with Crippen molar-refractivity contribution in [1.29, 1.82) is 0 Å². The second-order valence-corrected chi connectivity index (χ2v) is 7.53. The lowest BCUT2D eigenvalue weighted by molar-refractivity contribution is -0.0431. The Hall–Kier alpha value is -1.95. The van der Waals surface area contributed by atoms with Gasteiger partial charge in [0.25, 0.3) is 0 Å². The summed E-state index contributed by atoms with van der Waals surface area (Å²) in [5.74, 6) is -1.02. The number of carboxylic acid groups (broad SMARTS) is 1. The van der Waals surface area contributed by atoms with E-state index >= 15 is 0 Å². The molecular formula is C22H25BrO4. The van der Waals surface area contributed by atoms with Crippen LogP contribution in [0.5, 0.6) is 0 Å². The van der Waals surface area contributed by atoms with Crippen molar-refractivity contribution in [2.75, 3.05) is 0 Å². The van der Waals surface area contributed by atoms with Crippen LogP contribution in [0, 0.1) is 0 Å². The summed E-state index contributed by atoms with van der Waals surface area (Å²) < 4.78 is 0.678. The van der Waals surface area contributed by atoms with Gasteiger partial charge in [-0.3, -0.25) is 0 Å². The lowest BCUT2D eigenvalue weighted by Gasteiger charge is -2.20. The molecule has 0 aliphatic heterocycles. The molecule has 0 spiro atoms. The molecule has 0 fully saturated rings. The number of aliphatic hydroxyl groups is 2. The van der Waals surface area contributed by atoms with Gasteiger partial charge >= 0.3 is 5.97 Å². The smallest absolute Gasteiger partial charge is 0.336 e. The summed E-state index contributed by atoms with van der Waals surface area (Å²) in [4.78, 5) is 11.6. The molecule has 0 saturated heterocycles. The molecule has 3 N–H and O–H groups in total. The molecule has 0 unspecified atom stereocenters. The maximum atomic E-state index is 11.6. The van der Waals surface area contributed by atoms with Gasteiger partial charge < -0.3 is 15.3 Å². The van der Waals surface area contributed by atoms with Gasteiger partial charge in [0.1, 0.15) is 0 Å². The maximum absolute atomic E-state index is 11.6. The van der Waals surface area contributed by atoms with Crippen LogP contribution < -0.4 is 10.4 Å². The SMILES string of the molecule is C=c1c(C(=O)O)cc(Br)c(-c2ccc(C(O)O)c(CC)c2CC)c1=C(C)C. The van der Waals surface area contributed by atoms with Crippen molar-refractivity contribution in [3.63, 3.8) is 0 Å². The fourth-order valence-corrected chi connectivity index (χ4v) is 4.35. The molecule has 0 radical (unpaired) electrons. The summed E-state index contributed by atoms with van der Waals surface area (Å²) >= 11 is 3.56. The second-order valence-electron chi connectivity index (χ2n) is 6.68. The molecular weight excluding hydrogens is 408 g/mol. The van der Waals surface area contributed by atoms with Crippen LogP contribution >= 0.6 is 15.9 Å². The second kappa shape index (κ2) is 8.38. The van der Waals surface area contributed by atoms with Crippen molar-refractivity contribution in [3.8, 4) is 11.1 Å². The van der Waals surface area contributed by atoms with Crippen LogP contribution in [0.1, 0.15) is 61.0 Å². The number of aromatic carboxylic acids is 1. The minimum Gasteiger partial charge on any atom is -0.478 e. The fraction of sp³-hybridized carbons (Fsp3) is 0.318. The van der Waals surface area contributed by atoms with E-state index in [9.17, 15) is 20.1 Å². The average molecular weight is 433 g/mol. The molecule has 0 aliphatic carbocycles. The number of hydrogen-bond donors (Lipinski definition) is 3. The molecule has 0 saturated carbocycles. The Morgan fingerprint density at radius 3 is 2.19 bits per heavy atom. The molecule has 0 heterocycles. The quantitative estimate of drug-likeness (QED) is 0.631. The molecule has 2 aromatic carbocycles. The van der Waals surface area contributed by atoms with E-state index in [1.807, 2.05) is 33.8 Å². The highest BCUT2D eigenvalue weighted by atomic mass is 79.9. The normalized spacial score (nSPS) is 11.1. The van der Waals surface area contributed by atoms with E-state index in [0.717, 1.165) is 33.0 Å². The lowest BCUT2D eigenvalue weighted by atomic mass is 9.87. The Kier molecular flexibility index (Phi) is 6.63. The van der Waals surface area contributed by atoms with Crippen LogP contribution in [0.3, 0.4) is 0 Å². The summed E-state index contributed by atoms with van der Waals surface area (Å²) in [5, 5.41) is 30.2. The van der Waals surface area contributed by atoms with E-state index in [2.05, 4.69) is 22.5 Å². The number of aliphatic hydroxyl groups excluding tert-OH is 1. The number of benzene rings is 2. The topological polar surface area (TPSA) is 77.8 Å². The summed E-state index contributed by atoms with van der Waals surface area (Å²) in [6, 6.07) is 5.19. The van der Waals surface area contributed by atoms with Gasteiger partial charge in [-0.15, -0.1) is 0 Å². The number of halogens is 1. The van der Waals surface area contributed by atoms with Crippen LogP contribution in [0.25, 0.3) is 23.3 Å². The molecule has 144 valence electrons. The summed E-state index contributed by atoms with van der Waals surface area (Å²) in [6.07, 6.45) is -0.156. The Bertz CT molecular complexity index is 1000. The first-order chi connectivity index (χ1) is 12.6. The molecule has 2 rings (SSSR count). The van der Waals surface area contributed by atoms with Crippen molar-refractivity contribution in [2.45, 2.75) is 46.8 Å². The van der Waals surface area contributed by atoms with Crippen LogP contribution in [0.15, 0.2) is 22.7 Å². The summed E-state index contributed by atoms with van der Waals surface area (Å²) in [5.41, 5.74) is 5.39. The van der Waals surface area contributed by atoms with Gasteiger partial charge in [0.05, 0.1) is 5.56 Å². The van der Waals surface area contributed by atoms with Crippen LogP contribution in [0.4, 0.5) is 0 Å². The summed E-state index contributed by atoms with van der Waals surface area (Å²) in [7, 11) is 0. The van der Waals surface area contributed by atoms with Gasteiger partial charge in [0.15, 0.2) is 6.29 Å². The van der Waals surface area contributed by atoms with Crippen molar-refractivity contribution in [2.24, 2.45) is 0 Å². The highest BCUT2D eigenvalue weighted by Crippen LogP contribution is 2.34. The standard InChI is InChI=1S/C22H25BrO4/c1-6-13-14(7-2)16(21(24)25)9-8-15(13)20-18(23)10-17(22(26)27)12(5)19(20)11(3)4/h8-10,21,24-25H,5-7H2,1-4H3,(H,26,27). The average Bonchev–Trinajstić information content (AvgIpc) is 2.60. The predicted octanol–water partition coefficient (Wildman–Crippen LogP) is 3.52. The lowest BCUT2D eigenvalue weighted by Crippen LogP contribution is -2.33. The van der Waals surface area contributed by atoms with Gasteiger partial charge in [0.2, 0.25) is 0 Å². The Labute approximate surface area is 167 Å². The third-order valence-electron chi connectivity index (χ3n) is 4.84. The first-order valence-corrected chi connectivity index (χ1v) is 9.68. The number of rotatable bonds is 5. The third kappa shape index (κ3) is 3.86.